The number of carbonyl (C=O) groups is 2. The first kappa shape index (κ1) is 27.1. The largest absolute Gasteiger partial charge is 0.481 e. The van der Waals surface area contributed by atoms with E-state index in [1.54, 1.807) is 6.26 Å². The molecule has 39 heavy (non-hydrogen) atoms. The van der Waals surface area contributed by atoms with Crippen molar-refractivity contribution >= 4 is 17.8 Å². The molecule has 5 saturated carbocycles. The minimum absolute atomic E-state index is 0.0155. The molecule has 1 aromatic rings. The number of ketones is 1. The minimum atomic E-state index is -0.587. The van der Waals surface area contributed by atoms with Gasteiger partial charge < -0.3 is 9.52 Å². The highest BCUT2D eigenvalue weighted by molar-refractivity contribution is 6.04. The third-order valence-corrected chi connectivity index (χ3v) is 13.9. The third kappa shape index (κ3) is 3.35. The van der Waals surface area contributed by atoms with E-state index in [9.17, 15) is 14.7 Å². The molecule has 4 heteroatoms. The van der Waals surface area contributed by atoms with Crippen LogP contribution in [0.5, 0.6) is 0 Å². The van der Waals surface area contributed by atoms with E-state index in [1.165, 1.54) is 5.57 Å². The third-order valence-electron chi connectivity index (χ3n) is 13.9. The molecule has 0 aliphatic heterocycles. The molecule has 0 bridgehead atoms. The van der Waals surface area contributed by atoms with Crippen LogP contribution < -0.4 is 0 Å². The number of fused-ring (bicyclic) bond motifs is 7. The maximum Gasteiger partial charge on any atom is 0.309 e. The lowest BCUT2D eigenvalue weighted by molar-refractivity contribution is -0.231. The molecular formula is C35H48O4. The van der Waals surface area contributed by atoms with E-state index in [1.807, 2.05) is 18.2 Å². The van der Waals surface area contributed by atoms with Crippen LogP contribution in [-0.2, 0) is 9.59 Å². The molecule has 5 aliphatic rings. The average Bonchev–Trinajstić information content (AvgIpc) is 3.51. The molecule has 0 spiro atoms. The van der Waals surface area contributed by atoms with Gasteiger partial charge in [0.15, 0.2) is 5.78 Å². The van der Waals surface area contributed by atoms with Crippen LogP contribution in [0.1, 0.15) is 105 Å². The summed E-state index contributed by atoms with van der Waals surface area (Å²) in [7, 11) is 0. The van der Waals surface area contributed by atoms with Crippen molar-refractivity contribution in [2.24, 2.45) is 56.7 Å². The quantitative estimate of drug-likeness (QED) is 0.313. The number of Topliss-reactive ketones (excluding diaryl/α,β-unsaturated/α-hetero) is 1. The van der Waals surface area contributed by atoms with E-state index in [0.29, 0.717) is 23.7 Å². The Morgan fingerprint density at radius 2 is 1.74 bits per heavy atom. The number of carboxylic acids is 1. The Bertz CT molecular complexity index is 1240. The molecule has 4 nitrogen and oxygen atoms in total. The van der Waals surface area contributed by atoms with Gasteiger partial charge in [0.2, 0.25) is 0 Å². The van der Waals surface area contributed by atoms with Crippen LogP contribution in [-0.4, -0.2) is 16.9 Å². The number of aliphatic carboxylic acids is 1. The van der Waals surface area contributed by atoms with Gasteiger partial charge in [0.05, 0.1) is 11.7 Å². The molecule has 1 heterocycles. The maximum atomic E-state index is 13.9. The molecule has 6 rings (SSSR count). The average molecular weight is 533 g/mol. The fraction of sp³-hybridized carbons (Fsp3) is 0.714. The molecule has 5 unspecified atom stereocenters. The second kappa shape index (κ2) is 8.46. The van der Waals surface area contributed by atoms with Crippen molar-refractivity contribution in [2.45, 2.75) is 99.3 Å². The zero-order chi connectivity index (χ0) is 28.2. The first-order chi connectivity index (χ1) is 18.2. The second-order valence-electron chi connectivity index (χ2n) is 15.6. The Morgan fingerprint density at radius 3 is 2.38 bits per heavy atom. The van der Waals surface area contributed by atoms with Gasteiger partial charge in [-0.15, -0.1) is 0 Å². The van der Waals surface area contributed by atoms with Gasteiger partial charge in [0, 0.05) is 5.41 Å². The number of hydrogen-bond acceptors (Lipinski definition) is 3. The molecule has 212 valence electrons. The van der Waals surface area contributed by atoms with Gasteiger partial charge in [-0.3, -0.25) is 9.59 Å². The SMILES string of the molecule is C=C(C)C1CC[C@]2(C(=O)O)CC[C@]3(C)C(CCC4[C@@]5(C)CC(=Cc6ccco6)C(=O)C(C)(C)C5CC[C@]43C)C12. The van der Waals surface area contributed by atoms with Gasteiger partial charge in [-0.1, -0.05) is 46.8 Å². The summed E-state index contributed by atoms with van der Waals surface area (Å²) < 4.78 is 5.65. The highest BCUT2D eigenvalue weighted by Crippen LogP contribution is 2.77. The molecule has 0 aromatic carbocycles. The number of rotatable bonds is 3. The number of hydrogen-bond donors (Lipinski definition) is 1. The van der Waals surface area contributed by atoms with Gasteiger partial charge >= 0.3 is 5.97 Å². The van der Waals surface area contributed by atoms with Gasteiger partial charge in [-0.2, -0.15) is 0 Å². The number of carbonyl (C=O) groups excluding carboxylic acids is 1. The molecule has 0 saturated heterocycles. The summed E-state index contributed by atoms with van der Waals surface area (Å²) in [4.78, 5) is 26.8. The first-order valence-electron chi connectivity index (χ1n) is 15.4. The van der Waals surface area contributed by atoms with Crippen LogP contribution in [0.4, 0.5) is 0 Å². The summed E-state index contributed by atoms with van der Waals surface area (Å²) >= 11 is 0. The van der Waals surface area contributed by atoms with Crippen molar-refractivity contribution in [3.8, 4) is 0 Å². The van der Waals surface area contributed by atoms with Gasteiger partial charge in [-0.25, -0.2) is 0 Å². The van der Waals surface area contributed by atoms with Crippen molar-refractivity contribution in [3.63, 3.8) is 0 Å². The van der Waals surface area contributed by atoms with Crippen LogP contribution >= 0.6 is 0 Å². The fourth-order valence-corrected chi connectivity index (χ4v) is 12.0. The Hall–Kier alpha value is -2.10. The molecule has 1 aromatic heterocycles. The normalized spacial score (nSPS) is 47.6. The number of allylic oxidation sites excluding steroid dienone is 2. The lowest BCUT2D eigenvalue weighted by Gasteiger charge is -2.72. The lowest BCUT2D eigenvalue weighted by Crippen LogP contribution is -2.67. The van der Waals surface area contributed by atoms with Gasteiger partial charge in [0.25, 0.3) is 0 Å². The molecular weight excluding hydrogens is 484 g/mol. The summed E-state index contributed by atoms with van der Waals surface area (Å²) in [5.41, 5.74) is 1.30. The summed E-state index contributed by atoms with van der Waals surface area (Å²) in [6, 6.07) is 3.83. The topological polar surface area (TPSA) is 67.5 Å². The molecule has 1 N–H and O–H groups in total. The minimum Gasteiger partial charge on any atom is -0.481 e. The Kier molecular flexibility index (Phi) is 5.88. The number of furan rings is 1. The van der Waals surface area contributed by atoms with Crippen molar-refractivity contribution < 1.29 is 19.1 Å². The van der Waals surface area contributed by atoms with Crippen molar-refractivity contribution in [1.82, 2.24) is 0 Å². The predicted molar refractivity (Wildman–Crippen MR) is 154 cm³/mol. The van der Waals surface area contributed by atoms with E-state index in [-0.39, 0.29) is 27.9 Å². The Balaban J connectivity index is 1.42. The van der Waals surface area contributed by atoms with Crippen LogP contribution in [0.2, 0.25) is 0 Å². The summed E-state index contributed by atoms with van der Waals surface area (Å²) in [6.45, 7) is 18.4. The summed E-state index contributed by atoms with van der Waals surface area (Å²) in [5.74, 6) is 2.23. The Labute approximate surface area is 234 Å². The molecule has 9 atom stereocenters. The van der Waals surface area contributed by atoms with Crippen LogP contribution in [0, 0.1) is 56.7 Å². The van der Waals surface area contributed by atoms with E-state index in [2.05, 4.69) is 48.1 Å². The fourth-order valence-electron chi connectivity index (χ4n) is 12.0. The van der Waals surface area contributed by atoms with E-state index < -0.39 is 16.8 Å². The van der Waals surface area contributed by atoms with Gasteiger partial charge in [0.1, 0.15) is 5.76 Å². The standard InChI is InChI=1S/C35H48O4/c1-21(2)24-12-15-35(30(37)38)17-16-33(6)25(28(24)35)10-11-27-32(5)20-22(19-23-9-8-18-39-23)29(36)31(3,4)26(32)13-14-34(27,33)7/h8-9,18-19,24-28H,1,10-17,20H2,2-7H3,(H,37,38)/t24?,25?,26?,27?,28?,32-,33+,34+,35-/m0/s1. The molecule has 0 radical (unpaired) electrons. The van der Waals surface area contributed by atoms with Crippen molar-refractivity contribution in [1.29, 1.82) is 0 Å². The van der Waals surface area contributed by atoms with Crippen molar-refractivity contribution in [3.05, 3.63) is 41.9 Å². The lowest BCUT2D eigenvalue weighted by atomic mass is 9.32. The second-order valence-corrected chi connectivity index (χ2v) is 15.6. The van der Waals surface area contributed by atoms with Crippen LogP contribution in [0.25, 0.3) is 6.08 Å². The zero-order valence-corrected chi connectivity index (χ0v) is 24.9. The van der Waals surface area contributed by atoms with E-state index in [0.717, 1.165) is 69.1 Å². The zero-order valence-electron chi connectivity index (χ0n) is 24.9. The molecule has 5 aliphatic carbocycles. The summed E-state index contributed by atoms with van der Waals surface area (Å²) in [6.07, 6.45) is 12.4. The van der Waals surface area contributed by atoms with Crippen molar-refractivity contribution in [2.75, 3.05) is 0 Å². The van der Waals surface area contributed by atoms with Gasteiger partial charge in [-0.05, 0) is 134 Å². The van der Waals surface area contributed by atoms with E-state index in [4.69, 9.17) is 4.42 Å². The first-order valence-corrected chi connectivity index (χ1v) is 15.4. The number of carboxylic acid groups (broad SMARTS) is 1. The van der Waals surface area contributed by atoms with E-state index >= 15 is 0 Å². The summed E-state index contributed by atoms with van der Waals surface area (Å²) in [5, 5.41) is 10.6. The van der Waals surface area contributed by atoms with Crippen LogP contribution in [0.15, 0.2) is 40.5 Å². The monoisotopic (exact) mass is 532 g/mol. The Morgan fingerprint density at radius 1 is 1.00 bits per heavy atom. The highest BCUT2D eigenvalue weighted by Gasteiger charge is 2.72. The van der Waals surface area contributed by atoms with Crippen LogP contribution in [0.3, 0.4) is 0 Å². The smallest absolute Gasteiger partial charge is 0.309 e. The highest BCUT2D eigenvalue weighted by atomic mass is 16.4. The molecule has 5 fully saturated rings. The molecule has 0 amide bonds. The maximum absolute atomic E-state index is 13.9. The predicted octanol–water partition coefficient (Wildman–Crippen LogP) is 8.58.